The van der Waals surface area contributed by atoms with Gasteiger partial charge in [-0.2, -0.15) is 0 Å². The predicted octanol–water partition coefficient (Wildman–Crippen LogP) is 3.58. The van der Waals surface area contributed by atoms with Gasteiger partial charge in [0.15, 0.2) is 0 Å². The van der Waals surface area contributed by atoms with Gasteiger partial charge in [-0.3, -0.25) is 14.9 Å². The van der Waals surface area contributed by atoms with Crippen LogP contribution in [0.2, 0.25) is 0 Å². The van der Waals surface area contributed by atoms with E-state index in [1.807, 2.05) is 6.92 Å². The molecule has 9 heteroatoms. The number of carbonyl (C=O) groups excluding carboxylic acids is 2. The molecule has 0 unspecified atom stereocenters. The molecule has 2 aromatic carbocycles. The Hall–Kier alpha value is -4.01. The van der Waals surface area contributed by atoms with Gasteiger partial charge in [0.2, 0.25) is 0 Å². The van der Waals surface area contributed by atoms with Crippen LogP contribution in [0.15, 0.2) is 52.3 Å². The number of aliphatic imine (C=N–C) groups is 1. The molecule has 3 aromatic rings. The van der Waals surface area contributed by atoms with E-state index in [0.29, 0.717) is 17.8 Å². The van der Waals surface area contributed by atoms with Gasteiger partial charge in [0.25, 0.3) is 5.56 Å². The highest BCUT2D eigenvalue weighted by Gasteiger charge is 2.17. The lowest BCUT2D eigenvalue weighted by Gasteiger charge is -2.06. The van der Waals surface area contributed by atoms with Crippen molar-refractivity contribution in [2.45, 2.75) is 19.8 Å². The van der Waals surface area contributed by atoms with E-state index in [9.17, 15) is 18.8 Å². The molecule has 0 aliphatic carbocycles. The average molecular weight is 439 g/mol. The highest BCUT2D eigenvalue weighted by atomic mass is 19.1. The number of carbonyl (C=O) groups is 2. The van der Waals surface area contributed by atoms with Crippen LogP contribution in [0.25, 0.3) is 5.69 Å². The van der Waals surface area contributed by atoms with E-state index in [4.69, 9.17) is 9.47 Å². The molecule has 0 atom stereocenters. The normalized spacial score (nSPS) is 11.0. The second-order valence-electron chi connectivity index (χ2n) is 6.84. The summed E-state index contributed by atoms with van der Waals surface area (Å²) in [6.07, 6.45) is 2.67. The molecule has 0 spiro atoms. The molecule has 0 aliphatic heterocycles. The second kappa shape index (κ2) is 9.86. The van der Waals surface area contributed by atoms with Crippen molar-refractivity contribution in [2.24, 2.45) is 4.99 Å². The molecule has 32 heavy (non-hydrogen) atoms. The van der Waals surface area contributed by atoms with Crippen LogP contribution in [0.3, 0.4) is 0 Å². The third-order valence-corrected chi connectivity index (χ3v) is 4.75. The monoisotopic (exact) mass is 439 g/mol. The second-order valence-corrected chi connectivity index (χ2v) is 6.84. The van der Waals surface area contributed by atoms with Gasteiger partial charge in [0.1, 0.15) is 5.82 Å². The zero-order valence-electron chi connectivity index (χ0n) is 17.8. The zero-order chi connectivity index (χ0) is 23.3. The average Bonchev–Trinajstić information content (AvgIpc) is 3.12. The van der Waals surface area contributed by atoms with Crippen LogP contribution < -0.4 is 5.56 Å². The number of nitrogens with zero attached hydrogens (tertiary/aromatic N) is 2. The SMILES string of the molecule is CCCc1[nH]n(-c2ccc(F)cc2)c(=O)c1C=Nc1cc(C(=O)OC)ccc1C(=O)OC. The largest absolute Gasteiger partial charge is 0.465 e. The van der Waals surface area contributed by atoms with Crippen LogP contribution in [0.4, 0.5) is 10.1 Å². The minimum atomic E-state index is -0.639. The maximum atomic E-state index is 13.3. The van der Waals surface area contributed by atoms with E-state index in [1.54, 1.807) is 0 Å². The van der Waals surface area contributed by atoms with Gasteiger partial charge in [-0.15, -0.1) is 0 Å². The van der Waals surface area contributed by atoms with Crippen molar-refractivity contribution in [3.63, 3.8) is 0 Å². The van der Waals surface area contributed by atoms with E-state index in [-0.39, 0.29) is 27.9 Å². The summed E-state index contributed by atoms with van der Waals surface area (Å²) in [5.41, 5.74) is 1.48. The molecule has 0 amide bonds. The minimum Gasteiger partial charge on any atom is -0.465 e. The van der Waals surface area contributed by atoms with E-state index in [1.165, 1.54) is 67.6 Å². The number of benzene rings is 2. The van der Waals surface area contributed by atoms with Crippen molar-refractivity contribution in [3.8, 4) is 5.69 Å². The predicted molar refractivity (Wildman–Crippen MR) is 117 cm³/mol. The summed E-state index contributed by atoms with van der Waals surface area (Å²) in [7, 11) is 2.48. The molecule has 0 fully saturated rings. The third kappa shape index (κ3) is 4.66. The van der Waals surface area contributed by atoms with Crippen LogP contribution >= 0.6 is 0 Å². The molecule has 1 heterocycles. The van der Waals surface area contributed by atoms with Gasteiger partial charge in [0, 0.05) is 11.9 Å². The number of aryl methyl sites for hydroxylation is 1. The molecule has 1 N–H and O–H groups in total. The lowest BCUT2D eigenvalue weighted by Crippen LogP contribution is -2.17. The van der Waals surface area contributed by atoms with Gasteiger partial charge >= 0.3 is 11.9 Å². The Balaban J connectivity index is 2.10. The summed E-state index contributed by atoms with van der Waals surface area (Å²) in [6, 6.07) is 9.72. The fraction of sp³-hybridized carbons (Fsp3) is 0.217. The summed E-state index contributed by atoms with van der Waals surface area (Å²) < 4.78 is 24.1. The Morgan fingerprint density at radius 2 is 1.78 bits per heavy atom. The molecule has 166 valence electrons. The summed E-state index contributed by atoms with van der Waals surface area (Å²) in [5, 5.41) is 3.04. The first-order chi connectivity index (χ1) is 15.4. The number of methoxy groups -OCH3 is 2. The van der Waals surface area contributed by atoms with Crippen molar-refractivity contribution in [3.05, 3.63) is 81.0 Å². The quantitative estimate of drug-likeness (QED) is 0.448. The molecular formula is C23H22FN3O5. The highest BCUT2D eigenvalue weighted by Crippen LogP contribution is 2.23. The van der Waals surface area contributed by atoms with Crippen molar-refractivity contribution in [2.75, 3.05) is 14.2 Å². The number of ether oxygens (including phenoxy) is 2. The molecule has 3 rings (SSSR count). The number of hydrogen-bond donors (Lipinski definition) is 1. The van der Waals surface area contributed by atoms with Gasteiger partial charge in [-0.25, -0.2) is 18.7 Å². The van der Waals surface area contributed by atoms with Crippen molar-refractivity contribution >= 4 is 23.8 Å². The number of esters is 2. The number of aromatic amines is 1. The first-order valence-electron chi connectivity index (χ1n) is 9.84. The fourth-order valence-electron chi connectivity index (χ4n) is 3.14. The molecular weight excluding hydrogens is 417 g/mol. The van der Waals surface area contributed by atoms with Gasteiger partial charge in [0.05, 0.1) is 42.3 Å². The topological polar surface area (TPSA) is 103 Å². The molecule has 0 aliphatic rings. The number of rotatable bonds is 7. The maximum absolute atomic E-state index is 13.3. The van der Waals surface area contributed by atoms with E-state index >= 15 is 0 Å². The number of nitrogens with one attached hydrogen (secondary N) is 1. The number of aromatic nitrogens is 2. The Kier molecular flexibility index (Phi) is 6.99. The highest BCUT2D eigenvalue weighted by molar-refractivity contribution is 5.99. The van der Waals surface area contributed by atoms with Gasteiger partial charge in [-0.1, -0.05) is 13.3 Å². The van der Waals surface area contributed by atoms with Crippen LogP contribution in [-0.2, 0) is 15.9 Å². The lowest BCUT2D eigenvalue weighted by atomic mass is 10.1. The van der Waals surface area contributed by atoms with Crippen LogP contribution in [-0.4, -0.2) is 42.2 Å². The number of halogens is 1. The Morgan fingerprint density at radius 1 is 1.09 bits per heavy atom. The van der Waals surface area contributed by atoms with Gasteiger partial charge in [-0.05, 0) is 48.9 Å². The molecule has 0 saturated carbocycles. The summed E-state index contributed by atoms with van der Waals surface area (Å²) >= 11 is 0. The third-order valence-electron chi connectivity index (χ3n) is 4.75. The van der Waals surface area contributed by atoms with Crippen LogP contribution in [0.1, 0.15) is 45.3 Å². The molecule has 8 nitrogen and oxygen atoms in total. The Morgan fingerprint density at radius 3 is 2.41 bits per heavy atom. The first kappa shape index (κ1) is 22.7. The van der Waals surface area contributed by atoms with Crippen LogP contribution in [0, 0.1) is 5.82 Å². The zero-order valence-corrected chi connectivity index (χ0v) is 17.8. The first-order valence-corrected chi connectivity index (χ1v) is 9.84. The summed E-state index contributed by atoms with van der Waals surface area (Å²) in [4.78, 5) is 41.4. The summed E-state index contributed by atoms with van der Waals surface area (Å²) in [6.45, 7) is 1.96. The standard InChI is InChI=1S/C23H22FN3O5/c1-4-5-19-18(21(28)27(26-19)16-9-7-15(24)8-10-16)13-25-20-12-14(22(29)31-2)6-11-17(20)23(30)32-3/h6-13,26H,4-5H2,1-3H3. The Labute approximate surface area is 183 Å². The minimum absolute atomic E-state index is 0.128. The smallest absolute Gasteiger partial charge is 0.340 e. The van der Waals surface area contributed by atoms with E-state index < -0.39 is 17.8 Å². The Bertz CT molecular complexity index is 1230. The number of hydrogen-bond acceptors (Lipinski definition) is 6. The van der Waals surface area contributed by atoms with E-state index in [2.05, 4.69) is 10.1 Å². The fourth-order valence-corrected chi connectivity index (χ4v) is 3.14. The number of H-pyrrole nitrogens is 1. The van der Waals surface area contributed by atoms with Crippen molar-refractivity contribution in [1.82, 2.24) is 9.78 Å². The molecule has 0 saturated heterocycles. The maximum Gasteiger partial charge on any atom is 0.340 e. The molecule has 0 bridgehead atoms. The van der Waals surface area contributed by atoms with Gasteiger partial charge < -0.3 is 9.47 Å². The molecule has 0 radical (unpaired) electrons. The van der Waals surface area contributed by atoms with E-state index in [0.717, 1.165) is 6.42 Å². The lowest BCUT2D eigenvalue weighted by molar-refractivity contribution is 0.0587. The van der Waals surface area contributed by atoms with Crippen LogP contribution in [0.5, 0.6) is 0 Å². The summed E-state index contributed by atoms with van der Waals surface area (Å²) in [5.74, 6) is -1.64. The van der Waals surface area contributed by atoms with Crippen molar-refractivity contribution in [1.29, 1.82) is 0 Å². The molecule has 1 aromatic heterocycles. The van der Waals surface area contributed by atoms with Crippen molar-refractivity contribution < 1.29 is 23.5 Å².